The van der Waals surface area contributed by atoms with Gasteiger partial charge in [-0.2, -0.15) is 0 Å². The van der Waals surface area contributed by atoms with Crippen LogP contribution in [0.4, 0.5) is 34.1 Å². The van der Waals surface area contributed by atoms with Crippen LogP contribution >= 0.6 is 0 Å². The van der Waals surface area contributed by atoms with Crippen LogP contribution in [0, 0.1) is 83.1 Å². The first kappa shape index (κ1) is 44.1. The number of benzene rings is 9. The number of nitrogens with zero attached hydrogens (tertiary/aromatic N) is 4. The molecule has 0 bridgehead atoms. The summed E-state index contributed by atoms with van der Waals surface area (Å²) < 4.78 is 5.21. The Kier molecular flexibility index (Phi) is 9.71. The molecule has 4 heterocycles. The second-order valence-corrected chi connectivity index (χ2v) is 21.6. The number of aryl methyl sites for hydroxylation is 8. The van der Waals surface area contributed by atoms with Gasteiger partial charge in [-0.15, -0.1) is 0 Å². The number of hydrogen-bond donors (Lipinski definition) is 0. The number of para-hydroxylation sites is 2. The van der Waals surface area contributed by atoms with Gasteiger partial charge in [0.25, 0.3) is 0 Å². The van der Waals surface area contributed by atoms with Crippen molar-refractivity contribution >= 4 is 77.7 Å². The smallest absolute Gasteiger partial charge is 0.0597 e. The van der Waals surface area contributed by atoms with E-state index in [0.717, 1.165) is 12.8 Å². The summed E-state index contributed by atoms with van der Waals surface area (Å²) in [6.07, 6.45) is 1.68. The zero-order valence-corrected chi connectivity index (χ0v) is 43.9. The fraction of sp³-hybridized carbons (Fsp3) is 0.206. The van der Waals surface area contributed by atoms with E-state index in [4.69, 9.17) is 0 Å². The lowest BCUT2D eigenvalue weighted by molar-refractivity contribution is 1.03. The van der Waals surface area contributed by atoms with E-state index in [9.17, 15) is 0 Å². The summed E-state index contributed by atoms with van der Waals surface area (Å²) in [5, 5.41) is 5.13. The molecule has 0 spiro atoms. The van der Waals surface area contributed by atoms with Crippen LogP contribution in [0.25, 0.3) is 55.0 Å². The van der Waals surface area contributed by atoms with Crippen molar-refractivity contribution in [2.75, 3.05) is 9.80 Å². The summed E-state index contributed by atoms with van der Waals surface area (Å²) in [6, 6.07) is 52.1. The average molecular weight is 935 g/mol. The summed E-state index contributed by atoms with van der Waals surface area (Å²) in [7, 11) is 0. The molecule has 9 aromatic carbocycles. The highest BCUT2D eigenvalue weighted by Gasteiger charge is 2.32. The van der Waals surface area contributed by atoms with E-state index in [1.807, 2.05) is 0 Å². The van der Waals surface area contributed by atoms with Crippen LogP contribution in [0.15, 0.2) is 133 Å². The third kappa shape index (κ3) is 6.30. The molecule has 354 valence electrons. The van der Waals surface area contributed by atoms with Crippen molar-refractivity contribution in [1.29, 1.82) is 0 Å². The van der Waals surface area contributed by atoms with Gasteiger partial charge >= 0.3 is 0 Å². The molecule has 0 saturated carbocycles. The van der Waals surface area contributed by atoms with Crippen molar-refractivity contribution in [1.82, 2.24) is 9.13 Å². The maximum absolute atomic E-state index is 2.61. The molecule has 2 aliphatic heterocycles. The minimum Gasteiger partial charge on any atom is -0.310 e. The highest BCUT2D eigenvalue weighted by molar-refractivity contribution is 6.21. The van der Waals surface area contributed by atoms with Gasteiger partial charge in [0.05, 0.1) is 33.4 Å². The molecule has 0 unspecified atom stereocenters. The number of fused-ring (bicyclic) bond motifs is 10. The highest BCUT2D eigenvalue weighted by Crippen LogP contribution is 2.51. The number of rotatable bonds is 6. The Bertz CT molecular complexity index is 3710. The molecule has 4 nitrogen and oxygen atoms in total. The average Bonchev–Trinajstić information content (AvgIpc) is 3.87. The molecule has 72 heavy (non-hydrogen) atoms. The van der Waals surface area contributed by atoms with E-state index in [2.05, 4.69) is 235 Å². The Morgan fingerprint density at radius 2 is 0.611 bits per heavy atom. The first-order valence-corrected chi connectivity index (χ1v) is 25.8. The van der Waals surface area contributed by atoms with Gasteiger partial charge in [0.15, 0.2) is 0 Å². The monoisotopic (exact) mass is 934 g/mol. The van der Waals surface area contributed by atoms with Crippen molar-refractivity contribution in [2.45, 2.75) is 95.9 Å². The molecule has 0 N–H and O–H groups in total. The van der Waals surface area contributed by atoms with Crippen LogP contribution in [0.3, 0.4) is 0 Å². The van der Waals surface area contributed by atoms with E-state index in [0.29, 0.717) is 0 Å². The third-order valence-electron chi connectivity index (χ3n) is 17.5. The lowest BCUT2D eigenvalue weighted by Crippen LogP contribution is -2.16. The quantitative estimate of drug-likeness (QED) is 0.165. The van der Waals surface area contributed by atoms with Crippen LogP contribution in [0.1, 0.15) is 89.0 Å². The predicted octanol–water partition coefficient (Wildman–Crippen LogP) is 18.3. The summed E-state index contributed by atoms with van der Waals surface area (Å²) >= 11 is 0. The maximum atomic E-state index is 2.61. The largest absolute Gasteiger partial charge is 0.310 e. The molecule has 0 atom stereocenters. The number of aromatic nitrogens is 2. The van der Waals surface area contributed by atoms with Gasteiger partial charge < -0.3 is 18.9 Å². The Morgan fingerprint density at radius 3 is 0.917 bits per heavy atom. The zero-order valence-electron chi connectivity index (χ0n) is 43.9. The predicted molar refractivity (Wildman–Crippen MR) is 307 cm³/mol. The lowest BCUT2D eigenvalue weighted by Gasteiger charge is -2.32. The van der Waals surface area contributed by atoms with Crippen molar-refractivity contribution < 1.29 is 0 Å². The molecule has 11 aromatic rings. The van der Waals surface area contributed by atoms with Crippen molar-refractivity contribution in [3.63, 3.8) is 0 Å². The molecule has 0 radical (unpaired) electrons. The van der Waals surface area contributed by atoms with Crippen LogP contribution < -0.4 is 9.80 Å². The second-order valence-electron chi connectivity index (χ2n) is 21.6. The Morgan fingerprint density at radius 1 is 0.319 bits per heavy atom. The zero-order chi connectivity index (χ0) is 49.8. The highest BCUT2D eigenvalue weighted by atomic mass is 15.2. The van der Waals surface area contributed by atoms with E-state index in [1.54, 1.807) is 0 Å². The van der Waals surface area contributed by atoms with Gasteiger partial charge in [-0.25, -0.2) is 0 Å². The van der Waals surface area contributed by atoms with Crippen LogP contribution in [0.2, 0.25) is 0 Å². The maximum Gasteiger partial charge on any atom is 0.0597 e. The first-order chi connectivity index (χ1) is 34.7. The molecule has 13 rings (SSSR count). The molecule has 4 heteroatoms. The molecule has 2 aromatic heterocycles. The molecule has 0 fully saturated rings. The van der Waals surface area contributed by atoms with E-state index in [-0.39, 0.29) is 0 Å². The second kappa shape index (κ2) is 15.8. The third-order valence-corrected chi connectivity index (χ3v) is 17.5. The fourth-order valence-corrected chi connectivity index (χ4v) is 12.6. The van der Waals surface area contributed by atoms with Crippen LogP contribution in [0.5, 0.6) is 0 Å². The lowest BCUT2D eigenvalue weighted by atomic mass is 9.94. The molecule has 0 amide bonds. The van der Waals surface area contributed by atoms with Gasteiger partial charge in [0, 0.05) is 79.6 Å². The Balaban J connectivity index is 1.11. The molecule has 2 aliphatic rings. The SMILES string of the molecule is Cc1cc(N(c2cc(C)c(C)c(C)c2)c2ccc3c4cc5c(cc4n4c3c2Cc2ccccc2-4)c2ccc(N(c3cc(C)c(C)c(C)c3)c3cc(C)c(C)c(C)c3)c3c2n5-c2ccccc2C3)cc(C)c1C. The van der Waals surface area contributed by atoms with Crippen molar-refractivity contribution in [3.05, 3.63) is 222 Å². The standard InChI is InChI=1S/C68H62N4/c1-37-25-51(26-38(2)45(37)9)69(52-27-39(3)46(10)40(4)28-52)63-23-21-55-57-35-66-58(36-65(57)71-61-19-15-13-17-49(61)33-59(63)67(55)71)56-22-24-64(60-34-50-18-14-16-20-62(50)72(66)68(56)60)70(53-29-41(5)47(11)42(6)30-53)54-31-43(7)48(12)44(8)32-54/h13-32,35-36H,33-34H2,1-12H3. The molecule has 0 saturated heterocycles. The van der Waals surface area contributed by atoms with Crippen LogP contribution in [-0.4, -0.2) is 9.13 Å². The van der Waals surface area contributed by atoms with Crippen molar-refractivity contribution in [3.8, 4) is 11.4 Å². The molecular formula is C68H62N4. The normalized spacial score (nSPS) is 12.6. The summed E-state index contributed by atoms with van der Waals surface area (Å²) in [6.45, 7) is 27.0. The van der Waals surface area contributed by atoms with Gasteiger partial charge in [-0.3, -0.25) is 0 Å². The van der Waals surface area contributed by atoms with E-state index < -0.39 is 0 Å². The fourth-order valence-electron chi connectivity index (χ4n) is 12.6. The van der Waals surface area contributed by atoms with E-state index in [1.165, 1.54) is 178 Å². The number of anilines is 6. The molecule has 0 aliphatic carbocycles. The molecular weight excluding hydrogens is 873 g/mol. The van der Waals surface area contributed by atoms with Crippen LogP contribution in [-0.2, 0) is 12.8 Å². The van der Waals surface area contributed by atoms with Crippen molar-refractivity contribution in [2.24, 2.45) is 0 Å². The topological polar surface area (TPSA) is 16.3 Å². The van der Waals surface area contributed by atoms with Gasteiger partial charge in [0.1, 0.15) is 0 Å². The van der Waals surface area contributed by atoms with Gasteiger partial charge in [-0.05, 0) is 246 Å². The minimum absolute atomic E-state index is 0.841. The summed E-state index contributed by atoms with van der Waals surface area (Å²) in [5.41, 5.74) is 36.1. The number of hydrogen-bond acceptors (Lipinski definition) is 2. The summed E-state index contributed by atoms with van der Waals surface area (Å²) in [5.74, 6) is 0. The minimum atomic E-state index is 0.841. The van der Waals surface area contributed by atoms with Gasteiger partial charge in [0.2, 0.25) is 0 Å². The Hall–Kier alpha value is -7.82. The van der Waals surface area contributed by atoms with Gasteiger partial charge in [-0.1, -0.05) is 48.5 Å². The Labute approximate surface area is 424 Å². The first-order valence-electron chi connectivity index (χ1n) is 25.8. The van der Waals surface area contributed by atoms with E-state index >= 15 is 0 Å². The summed E-state index contributed by atoms with van der Waals surface area (Å²) in [4.78, 5) is 5.09.